The molecule has 1 unspecified atom stereocenters. The molecule has 1 aliphatic carbocycles. The van der Waals surface area contributed by atoms with Gasteiger partial charge in [-0.05, 0) is 64.7 Å². The Morgan fingerprint density at radius 3 is 1.79 bits per heavy atom. The van der Waals surface area contributed by atoms with E-state index in [-0.39, 0.29) is 32.0 Å². The van der Waals surface area contributed by atoms with Crippen molar-refractivity contribution in [2.75, 3.05) is 26.4 Å². The standard InChI is InChI=1S/C25H32O8S/c1-5-30-21(26)20(22(27)31-6-2)18-15-12-16-19(18)25(23(28)32-7-3,24(29)33-8-4)34-17-13-10-9-11-14-17/h9-11,13-14,19H,5-8,12,15-16H2,1-4H3. The molecule has 9 heteroatoms. The molecule has 1 aromatic rings. The third kappa shape index (κ3) is 6.00. The summed E-state index contributed by atoms with van der Waals surface area (Å²) in [6.45, 7) is 6.75. The molecule has 2 rings (SSSR count). The van der Waals surface area contributed by atoms with Gasteiger partial charge in [-0.15, -0.1) is 0 Å². The summed E-state index contributed by atoms with van der Waals surface area (Å²) >= 11 is 1.01. The van der Waals surface area contributed by atoms with E-state index in [1.54, 1.807) is 52.0 Å². The van der Waals surface area contributed by atoms with Crippen LogP contribution in [-0.2, 0) is 38.1 Å². The smallest absolute Gasteiger partial charge is 0.345 e. The van der Waals surface area contributed by atoms with Crippen molar-refractivity contribution in [3.8, 4) is 0 Å². The SMILES string of the molecule is CCOC(=O)C(C(=O)OCC)=C1CCCC1C(Sc1ccccc1)(C(=O)OCC)C(=O)OCC. The van der Waals surface area contributed by atoms with Crippen molar-refractivity contribution in [1.29, 1.82) is 0 Å². The van der Waals surface area contributed by atoms with E-state index in [0.29, 0.717) is 29.7 Å². The third-order valence-electron chi connectivity index (χ3n) is 5.31. The van der Waals surface area contributed by atoms with Gasteiger partial charge >= 0.3 is 23.9 Å². The largest absolute Gasteiger partial charge is 0.464 e. The molecule has 1 saturated carbocycles. The molecule has 0 bridgehead atoms. The molecule has 0 saturated heterocycles. The highest BCUT2D eigenvalue weighted by atomic mass is 32.2. The molecular weight excluding hydrogens is 460 g/mol. The van der Waals surface area contributed by atoms with E-state index in [9.17, 15) is 19.2 Å². The lowest BCUT2D eigenvalue weighted by Gasteiger charge is -2.35. The highest BCUT2D eigenvalue weighted by Crippen LogP contribution is 2.51. The first-order chi connectivity index (χ1) is 16.4. The predicted molar refractivity (Wildman–Crippen MR) is 126 cm³/mol. The van der Waals surface area contributed by atoms with Crippen LogP contribution in [0.5, 0.6) is 0 Å². The molecule has 186 valence electrons. The average molecular weight is 493 g/mol. The number of rotatable bonds is 11. The van der Waals surface area contributed by atoms with Crippen LogP contribution in [0.4, 0.5) is 0 Å². The van der Waals surface area contributed by atoms with Crippen LogP contribution in [0.25, 0.3) is 0 Å². The van der Waals surface area contributed by atoms with Crippen LogP contribution >= 0.6 is 11.8 Å². The summed E-state index contributed by atoms with van der Waals surface area (Å²) in [6, 6.07) is 8.94. The summed E-state index contributed by atoms with van der Waals surface area (Å²) in [5.41, 5.74) is 0.0827. The maximum Gasteiger partial charge on any atom is 0.345 e. The molecule has 1 atom stereocenters. The Kier molecular flexibility index (Phi) is 10.6. The van der Waals surface area contributed by atoms with Gasteiger partial charge in [0.1, 0.15) is 5.57 Å². The van der Waals surface area contributed by atoms with Crippen LogP contribution in [0.1, 0.15) is 47.0 Å². The Morgan fingerprint density at radius 1 is 0.824 bits per heavy atom. The second-order valence-electron chi connectivity index (χ2n) is 7.38. The molecule has 0 aromatic heterocycles. The average Bonchev–Trinajstić information content (AvgIpc) is 3.28. The maximum atomic E-state index is 13.5. The molecule has 0 heterocycles. The van der Waals surface area contributed by atoms with Gasteiger partial charge in [0.25, 0.3) is 0 Å². The van der Waals surface area contributed by atoms with Crippen LogP contribution in [0.2, 0.25) is 0 Å². The molecule has 1 fully saturated rings. The number of ether oxygens (including phenoxy) is 4. The monoisotopic (exact) mass is 492 g/mol. The van der Waals surface area contributed by atoms with E-state index in [1.807, 2.05) is 6.07 Å². The van der Waals surface area contributed by atoms with E-state index in [0.717, 1.165) is 11.8 Å². The van der Waals surface area contributed by atoms with Crippen molar-refractivity contribution < 1.29 is 38.1 Å². The highest BCUT2D eigenvalue weighted by Gasteiger charge is 2.59. The third-order valence-corrected chi connectivity index (χ3v) is 6.76. The zero-order valence-corrected chi connectivity index (χ0v) is 20.9. The van der Waals surface area contributed by atoms with Gasteiger partial charge in [-0.2, -0.15) is 0 Å². The fourth-order valence-electron chi connectivity index (χ4n) is 4.02. The quantitative estimate of drug-likeness (QED) is 0.114. The second kappa shape index (κ2) is 13.2. The first-order valence-electron chi connectivity index (χ1n) is 11.5. The number of carbonyl (C=O) groups is 4. The Labute approximate surface area is 204 Å². The number of thioether (sulfide) groups is 1. The van der Waals surface area contributed by atoms with Gasteiger partial charge in [0.05, 0.1) is 26.4 Å². The van der Waals surface area contributed by atoms with Gasteiger partial charge in [-0.25, -0.2) is 19.2 Å². The Bertz CT molecular complexity index is 871. The normalized spacial score (nSPS) is 15.4. The lowest BCUT2D eigenvalue weighted by atomic mass is 9.84. The molecule has 0 amide bonds. The van der Waals surface area contributed by atoms with Gasteiger partial charge in [0.2, 0.25) is 4.75 Å². The van der Waals surface area contributed by atoms with E-state index in [2.05, 4.69) is 0 Å². The van der Waals surface area contributed by atoms with Crippen molar-refractivity contribution in [3.63, 3.8) is 0 Å². The zero-order valence-electron chi connectivity index (χ0n) is 20.1. The lowest BCUT2D eigenvalue weighted by molar-refractivity contribution is -0.161. The molecule has 0 aliphatic heterocycles. The van der Waals surface area contributed by atoms with Crippen LogP contribution in [0, 0.1) is 5.92 Å². The molecule has 1 aromatic carbocycles. The van der Waals surface area contributed by atoms with Crippen molar-refractivity contribution in [2.24, 2.45) is 5.92 Å². The summed E-state index contributed by atoms with van der Waals surface area (Å²) in [6.07, 6.45) is 1.25. The molecule has 0 spiro atoms. The van der Waals surface area contributed by atoms with E-state index in [1.165, 1.54) is 0 Å². The van der Waals surface area contributed by atoms with E-state index in [4.69, 9.17) is 18.9 Å². The van der Waals surface area contributed by atoms with Gasteiger partial charge in [-0.3, -0.25) is 0 Å². The molecule has 8 nitrogen and oxygen atoms in total. The van der Waals surface area contributed by atoms with E-state index < -0.39 is 34.5 Å². The number of benzene rings is 1. The summed E-state index contributed by atoms with van der Waals surface area (Å²) in [5, 5.41) is 0. The van der Waals surface area contributed by atoms with Crippen LogP contribution in [0.3, 0.4) is 0 Å². The number of allylic oxidation sites excluding steroid dienone is 1. The summed E-state index contributed by atoms with van der Waals surface area (Å²) in [5.74, 6) is -4.07. The summed E-state index contributed by atoms with van der Waals surface area (Å²) in [4.78, 5) is 53.4. The van der Waals surface area contributed by atoms with Crippen molar-refractivity contribution in [2.45, 2.75) is 56.6 Å². The Hall–Kier alpha value is -2.81. The predicted octanol–water partition coefficient (Wildman–Crippen LogP) is 3.87. The lowest BCUT2D eigenvalue weighted by Crippen LogP contribution is -2.52. The summed E-state index contributed by atoms with van der Waals surface area (Å²) < 4.78 is 19.2. The number of hydrogen-bond donors (Lipinski definition) is 0. The molecule has 0 N–H and O–H groups in total. The minimum atomic E-state index is -1.86. The second-order valence-corrected chi connectivity index (χ2v) is 8.70. The summed E-state index contributed by atoms with van der Waals surface area (Å²) in [7, 11) is 0. The Balaban J connectivity index is 2.78. The van der Waals surface area contributed by atoms with Crippen molar-refractivity contribution in [3.05, 3.63) is 41.5 Å². The van der Waals surface area contributed by atoms with Gasteiger partial charge in [0.15, 0.2) is 0 Å². The first kappa shape index (κ1) is 27.4. The fraction of sp³-hybridized carbons (Fsp3) is 0.520. The molecule has 0 radical (unpaired) electrons. The minimum Gasteiger partial charge on any atom is -0.464 e. The number of carbonyl (C=O) groups excluding carboxylic acids is 4. The molecule has 34 heavy (non-hydrogen) atoms. The first-order valence-corrected chi connectivity index (χ1v) is 12.3. The van der Waals surface area contributed by atoms with Gasteiger partial charge < -0.3 is 18.9 Å². The van der Waals surface area contributed by atoms with Crippen molar-refractivity contribution in [1.82, 2.24) is 0 Å². The molecule has 1 aliphatic rings. The van der Waals surface area contributed by atoms with Gasteiger partial charge in [-0.1, -0.05) is 30.0 Å². The van der Waals surface area contributed by atoms with Crippen LogP contribution in [-0.4, -0.2) is 55.1 Å². The zero-order chi connectivity index (χ0) is 25.1. The van der Waals surface area contributed by atoms with Crippen LogP contribution in [0.15, 0.2) is 46.4 Å². The highest BCUT2D eigenvalue weighted by molar-refractivity contribution is 8.02. The van der Waals surface area contributed by atoms with Gasteiger partial charge in [0, 0.05) is 10.8 Å². The van der Waals surface area contributed by atoms with Crippen molar-refractivity contribution >= 4 is 35.6 Å². The number of esters is 4. The topological polar surface area (TPSA) is 105 Å². The fourth-order valence-corrected chi connectivity index (χ4v) is 5.37. The van der Waals surface area contributed by atoms with Crippen LogP contribution < -0.4 is 0 Å². The Morgan fingerprint density at radius 2 is 1.32 bits per heavy atom. The minimum absolute atomic E-state index is 0.0454. The number of hydrogen-bond acceptors (Lipinski definition) is 9. The maximum absolute atomic E-state index is 13.5. The van der Waals surface area contributed by atoms with E-state index >= 15 is 0 Å². The molecular formula is C25H32O8S.